The number of nitrogens with zero attached hydrogens (tertiary/aromatic N) is 2. The average Bonchev–Trinajstić information content (AvgIpc) is 2.90. The molecule has 2 unspecified atom stereocenters. The van der Waals surface area contributed by atoms with Crippen LogP contribution in [0.2, 0.25) is 0 Å². The van der Waals surface area contributed by atoms with Crippen molar-refractivity contribution in [2.75, 3.05) is 26.7 Å². The second-order valence-electron chi connectivity index (χ2n) is 9.66. The van der Waals surface area contributed by atoms with Crippen LogP contribution < -0.4 is 4.74 Å². The monoisotopic (exact) mass is 504 g/mol. The number of fused-ring (bicyclic) bond motifs is 1. The zero-order valence-corrected chi connectivity index (χ0v) is 21.1. The van der Waals surface area contributed by atoms with Gasteiger partial charge in [-0.3, -0.25) is 14.7 Å². The molecule has 3 aromatic rings. The molecule has 4 rings (SSSR count). The lowest BCUT2D eigenvalue weighted by Gasteiger charge is -2.38. The van der Waals surface area contributed by atoms with Crippen LogP contribution in [0.5, 0.6) is 5.75 Å². The highest BCUT2D eigenvalue weighted by atomic mass is 19.1. The number of methoxy groups -OCH3 is 1. The second-order valence-corrected chi connectivity index (χ2v) is 9.66. The van der Waals surface area contributed by atoms with Gasteiger partial charge in [0.25, 0.3) is 0 Å². The first-order valence-corrected chi connectivity index (χ1v) is 12.7. The fourth-order valence-corrected chi connectivity index (χ4v) is 5.23. The molecule has 1 aliphatic rings. The Labute approximate surface area is 217 Å². The maximum Gasteiger partial charge on any atom is 0.303 e. The molecular weight excluding hydrogens is 471 g/mol. The van der Waals surface area contributed by atoms with Crippen molar-refractivity contribution < 1.29 is 24.1 Å². The summed E-state index contributed by atoms with van der Waals surface area (Å²) in [5.41, 5.74) is 2.29. The third kappa shape index (κ3) is 7.28. The number of rotatable bonds is 9. The van der Waals surface area contributed by atoms with Crippen molar-refractivity contribution in [1.29, 1.82) is 0 Å². The van der Waals surface area contributed by atoms with E-state index in [-0.39, 0.29) is 18.2 Å². The molecule has 0 saturated carbocycles. The lowest BCUT2D eigenvalue weighted by Crippen LogP contribution is -2.41. The number of aliphatic carboxylic acids is 1. The largest absolute Gasteiger partial charge is 0.497 e. The molecule has 0 amide bonds. The Hall–Kier alpha value is -3.47. The van der Waals surface area contributed by atoms with Gasteiger partial charge in [-0.1, -0.05) is 17.9 Å². The fourth-order valence-electron chi connectivity index (χ4n) is 5.23. The minimum Gasteiger partial charge on any atom is -0.497 e. The van der Waals surface area contributed by atoms with E-state index in [0.29, 0.717) is 30.9 Å². The Bertz CT molecular complexity index is 1290. The maximum absolute atomic E-state index is 13.4. The van der Waals surface area contributed by atoms with E-state index in [1.54, 1.807) is 25.4 Å². The van der Waals surface area contributed by atoms with Gasteiger partial charge < -0.3 is 14.9 Å². The number of aromatic nitrogens is 1. The Morgan fingerprint density at radius 2 is 2.08 bits per heavy atom. The van der Waals surface area contributed by atoms with E-state index in [4.69, 9.17) is 4.74 Å². The minimum absolute atomic E-state index is 0.126. The highest BCUT2D eigenvalue weighted by Gasteiger charge is 2.30. The van der Waals surface area contributed by atoms with Crippen LogP contribution in [-0.2, 0) is 4.79 Å². The van der Waals surface area contributed by atoms with Gasteiger partial charge in [-0.25, -0.2) is 4.39 Å². The number of hydrogen-bond donors (Lipinski definition) is 2. The molecule has 1 fully saturated rings. The summed E-state index contributed by atoms with van der Waals surface area (Å²) in [5, 5.41) is 21.2. The normalized spacial score (nSPS) is 18.7. The quantitative estimate of drug-likeness (QED) is 0.397. The van der Waals surface area contributed by atoms with Crippen LogP contribution in [-0.4, -0.2) is 52.8 Å². The summed E-state index contributed by atoms with van der Waals surface area (Å²) in [6.07, 6.45) is 4.11. The van der Waals surface area contributed by atoms with E-state index < -0.39 is 12.1 Å². The van der Waals surface area contributed by atoms with Crippen LogP contribution in [0.15, 0.2) is 54.7 Å². The first-order valence-electron chi connectivity index (χ1n) is 12.7. The number of halogens is 1. The highest BCUT2D eigenvalue weighted by Crippen LogP contribution is 2.35. The number of carbonyl (C=O) groups is 1. The summed E-state index contributed by atoms with van der Waals surface area (Å²) in [4.78, 5) is 17.9. The van der Waals surface area contributed by atoms with Gasteiger partial charge in [0.2, 0.25) is 0 Å². The summed E-state index contributed by atoms with van der Waals surface area (Å²) in [5.74, 6) is 6.31. The van der Waals surface area contributed by atoms with Gasteiger partial charge in [-0.05, 0) is 92.1 Å². The van der Waals surface area contributed by atoms with Crippen LogP contribution in [0.1, 0.15) is 49.3 Å². The van der Waals surface area contributed by atoms with Gasteiger partial charge in [0, 0.05) is 30.1 Å². The molecule has 2 N–H and O–H groups in total. The van der Waals surface area contributed by atoms with Crippen molar-refractivity contribution in [2.45, 2.75) is 38.2 Å². The van der Waals surface area contributed by atoms with Crippen molar-refractivity contribution in [3.63, 3.8) is 0 Å². The van der Waals surface area contributed by atoms with E-state index in [1.165, 1.54) is 12.1 Å². The first kappa shape index (κ1) is 26.6. The highest BCUT2D eigenvalue weighted by molar-refractivity contribution is 5.83. The second kappa shape index (κ2) is 12.7. The number of aliphatic hydroxyl groups is 1. The first-order chi connectivity index (χ1) is 17.9. The SMILES string of the molecule is COc1ccc2nccc([C@@H](O)CCC3CCN(CC#Cc4cccc(F)c4)CC3CCC(=O)O)c2c1. The molecule has 37 heavy (non-hydrogen) atoms. The van der Waals surface area contributed by atoms with Crippen molar-refractivity contribution in [2.24, 2.45) is 11.8 Å². The van der Waals surface area contributed by atoms with E-state index >= 15 is 0 Å². The summed E-state index contributed by atoms with van der Waals surface area (Å²) >= 11 is 0. The average molecular weight is 505 g/mol. The lowest BCUT2D eigenvalue weighted by molar-refractivity contribution is -0.137. The number of benzene rings is 2. The molecule has 2 heterocycles. The van der Waals surface area contributed by atoms with Gasteiger partial charge in [0.15, 0.2) is 0 Å². The van der Waals surface area contributed by atoms with E-state index in [0.717, 1.165) is 48.1 Å². The molecule has 1 aliphatic heterocycles. The molecule has 2 aromatic carbocycles. The number of carboxylic acid groups (broad SMARTS) is 1. The standard InChI is InChI=1S/C30H33FN2O4/c1-37-25-9-10-28-27(19-25)26(13-15-32-28)29(34)11-7-22-14-17-33(20-23(22)8-12-30(35)36)16-3-5-21-4-2-6-24(31)18-21/h2,4,6,9-10,13,15,18-19,22-23,29,34H,7-8,11-12,14,16-17,20H2,1H3,(H,35,36)/t22?,23?,29-/m0/s1. The molecule has 0 aliphatic carbocycles. The van der Waals surface area contributed by atoms with Gasteiger partial charge >= 0.3 is 5.97 Å². The minimum atomic E-state index is -0.793. The summed E-state index contributed by atoms with van der Waals surface area (Å²) in [6.45, 7) is 2.18. The Morgan fingerprint density at radius 3 is 2.86 bits per heavy atom. The van der Waals surface area contributed by atoms with Crippen LogP contribution in [0, 0.1) is 29.5 Å². The van der Waals surface area contributed by atoms with Gasteiger partial charge in [-0.2, -0.15) is 0 Å². The smallest absolute Gasteiger partial charge is 0.303 e. The van der Waals surface area contributed by atoms with Crippen LogP contribution in [0.4, 0.5) is 4.39 Å². The molecule has 7 heteroatoms. The van der Waals surface area contributed by atoms with Gasteiger partial charge in [0.05, 0.1) is 25.3 Å². The zero-order valence-electron chi connectivity index (χ0n) is 21.1. The zero-order chi connectivity index (χ0) is 26.2. The molecule has 0 bridgehead atoms. The number of piperidine rings is 1. The molecule has 1 aromatic heterocycles. The predicted octanol–water partition coefficient (Wildman–Crippen LogP) is 5.05. The maximum atomic E-state index is 13.4. The number of hydrogen-bond acceptors (Lipinski definition) is 5. The number of aliphatic hydroxyl groups excluding tert-OH is 1. The number of carboxylic acids is 1. The molecule has 1 saturated heterocycles. The fraction of sp³-hybridized carbons (Fsp3) is 0.400. The molecule has 0 spiro atoms. The van der Waals surface area contributed by atoms with Crippen LogP contribution in [0.25, 0.3) is 10.9 Å². The predicted molar refractivity (Wildman–Crippen MR) is 141 cm³/mol. The number of ether oxygens (including phenoxy) is 1. The van der Waals surface area contributed by atoms with E-state index in [2.05, 4.69) is 21.7 Å². The summed E-state index contributed by atoms with van der Waals surface area (Å²) < 4.78 is 18.7. The van der Waals surface area contributed by atoms with Crippen molar-refractivity contribution >= 4 is 16.9 Å². The van der Waals surface area contributed by atoms with Crippen molar-refractivity contribution in [3.05, 3.63) is 71.7 Å². The molecular formula is C30H33FN2O4. The Kier molecular flexibility index (Phi) is 9.10. The van der Waals surface area contributed by atoms with Gasteiger partial charge in [-0.15, -0.1) is 0 Å². The molecule has 194 valence electrons. The van der Waals surface area contributed by atoms with Crippen molar-refractivity contribution in [3.8, 4) is 17.6 Å². The van der Waals surface area contributed by atoms with E-state index in [1.807, 2.05) is 24.3 Å². The topological polar surface area (TPSA) is 82.9 Å². The lowest BCUT2D eigenvalue weighted by atomic mass is 9.79. The summed E-state index contributed by atoms with van der Waals surface area (Å²) in [7, 11) is 1.62. The van der Waals surface area contributed by atoms with E-state index in [9.17, 15) is 19.4 Å². The number of pyridine rings is 1. The van der Waals surface area contributed by atoms with Crippen LogP contribution >= 0.6 is 0 Å². The van der Waals surface area contributed by atoms with Gasteiger partial charge in [0.1, 0.15) is 11.6 Å². The number of likely N-dealkylation sites (tertiary alicyclic amines) is 1. The van der Waals surface area contributed by atoms with Crippen molar-refractivity contribution in [1.82, 2.24) is 9.88 Å². The summed E-state index contributed by atoms with van der Waals surface area (Å²) in [6, 6.07) is 13.7. The molecule has 6 nitrogen and oxygen atoms in total. The molecule has 3 atom stereocenters. The third-order valence-electron chi connectivity index (χ3n) is 7.22. The Morgan fingerprint density at radius 1 is 1.22 bits per heavy atom. The molecule has 0 radical (unpaired) electrons. The van der Waals surface area contributed by atoms with Crippen LogP contribution in [0.3, 0.4) is 0 Å². The third-order valence-corrected chi connectivity index (χ3v) is 7.22. The Balaban J connectivity index is 1.39.